The van der Waals surface area contributed by atoms with Crippen molar-refractivity contribution in [2.45, 2.75) is 71.1 Å². The van der Waals surface area contributed by atoms with Crippen LogP contribution in [-0.4, -0.2) is 72.4 Å². The van der Waals surface area contributed by atoms with Crippen molar-refractivity contribution in [1.29, 1.82) is 0 Å². The fourth-order valence-corrected chi connectivity index (χ4v) is 2.73. The lowest BCUT2D eigenvalue weighted by Gasteiger charge is -2.21. The summed E-state index contributed by atoms with van der Waals surface area (Å²) in [6.45, 7) is 4.53. The summed E-state index contributed by atoms with van der Waals surface area (Å²) >= 11 is 0. The van der Waals surface area contributed by atoms with E-state index in [4.69, 9.17) is 14.9 Å². The monoisotopic (exact) mass is 402 g/mol. The molecule has 0 spiro atoms. The van der Waals surface area contributed by atoms with Crippen LogP contribution in [0.1, 0.15) is 71.1 Å². The smallest absolute Gasteiger partial charge is 0.305 e. The number of amides is 1. The van der Waals surface area contributed by atoms with Crippen LogP contribution in [0.25, 0.3) is 0 Å². The Morgan fingerprint density at radius 2 is 1.43 bits per heavy atom. The first-order valence-electron chi connectivity index (χ1n) is 10.5. The van der Waals surface area contributed by atoms with Crippen molar-refractivity contribution in [3.63, 3.8) is 0 Å². The van der Waals surface area contributed by atoms with E-state index in [1.807, 2.05) is 4.90 Å². The van der Waals surface area contributed by atoms with Gasteiger partial charge in [-0.1, -0.05) is 45.4 Å². The van der Waals surface area contributed by atoms with Crippen molar-refractivity contribution < 1.29 is 29.3 Å². The molecule has 164 valence electrons. The number of carbonyl (C=O) groups excluding carboxylic acids is 1. The van der Waals surface area contributed by atoms with E-state index in [1.54, 1.807) is 0 Å². The lowest BCUT2D eigenvalue weighted by atomic mass is 10.1. The maximum atomic E-state index is 11.9. The van der Waals surface area contributed by atoms with Crippen molar-refractivity contribution >= 4 is 17.8 Å². The van der Waals surface area contributed by atoms with Gasteiger partial charge >= 0.3 is 11.9 Å². The van der Waals surface area contributed by atoms with Crippen LogP contribution in [0.4, 0.5) is 0 Å². The molecule has 0 aromatic rings. The number of ether oxygens (including phenoxy) is 1. The highest BCUT2D eigenvalue weighted by atomic mass is 16.5. The summed E-state index contributed by atoms with van der Waals surface area (Å²) in [5, 5.41) is 20.3. The van der Waals surface area contributed by atoms with Crippen LogP contribution in [0, 0.1) is 0 Å². The van der Waals surface area contributed by atoms with Crippen LogP contribution in [0.2, 0.25) is 0 Å². The molecular weight excluding hydrogens is 364 g/mol. The minimum Gasteiger partial charge on any atom is -0.481 e. The average Bonchev–Trinajstić information content (AvgIpc) is 2.64. The molecule has 0 unspecified atom stereocenters. The molecule has 0 aliphatic carbocycles. The summed E-state index contributed by atoms with van der Waals surface area (Å²) in [6, 6.07) is 0. The summed E-state index contributed by atoms with van der Waals surface area (Å²) in [4.78, 5) is 35.0. The minimum atomic E-state index is -0.911. The van der Waals surface area contributed by atoms with E-state index in [0.717, 1.165) is 12.8 Å². The highest BCUT2D eigenvalue weighted by Gasteiger charge is 2.09. The van der Waals surface area contributed by atoms with Crippen LogP contribution in [0.15, 0.2) is 0 Å². The van der Waals surface area contributed by atoms with Gasteiger partial charge < -0.3 is 20.3 Å². The van der Waals surface area contributed by atoms with Crippen molar-refractivity contribution in [2.75, 3.05) is 39.4 Å². The summed E-state index contributed by atoms with van der Waals surface area (Å²) in [5.74, 6) is -1.75. The van der Waals surface area contributed by atoms with Gasteiger partial charge in [0, 0.05) is 32.6 Å². The minimum absolute atomic E-state index is 0.0150. The zero-order chi connectivity index (χ0) is 21.0. The van der Waals surface area contributed by atoms with Gasteiger partial charge in [0.2, 0.25) is 5.91 Å². The zero-order valence-corrected chi connectivity index (χ0v) is 17.3. The van der Waals surface area contributed by atoms with E-state index in [0.29, 0.717) is 39.2 Å². The maximum Gasteiger partial charge on any atom is 0.305 e. The third-order valence-corrected chi connectivity index (χ3v) is 4.41. The Morgan fingerprint density at radius 1 is 0.786 bits per heavy atom. The molecule has 0 aromatic heterocycles. The molecule has 0 rings (SSSR count). The molecular formula is C20H38N2O6. The molecule has 0 heterocycles. The van der Waals surface area contributed by atoms with Gasteiger partial charge in [-0.25, -0.2) is 0 Å². The first-order valence-corrected chi connectivity index (χ1v) is 10.5. The van der Waals surface area contributed by atoms with Gasteiger partial charge in [-0.3, -0.25) is 19.3 Å². The van der Waals surface area contributed by atoms with Gasteiger partial charge in [-0.2, -0.15) is 0 Å². The van der Waals surface area contributed by atoms with E-state index in [2.05, 4.69) is 12.2 Å². The standard InChI is InChI=1S/C20H38N2O6/c1-2-3-4-5-6-7-8-9-18(23)21-12-14-22(13-10-19(24)25)15-17-28-16-11-20(26)27/h2-17H2,1H3,(H,21,23)(H,24,25)(H,26,27). The quantitative estimate of drug-likeness (QED) is 0.268. The fraction of sp³-hybridized carbons (Fsp3) is 0.850. The Bertz CT molecular complexity index is 431. The Balaban J connectivity index is 3.86. The third-order valence-electron chi connectivity index (χ3n) is 4.41. The van der Waals surface area contributed by atoms with E-state index in [9.17, 15) is 14.4 Å². The zero-order valence-electron chi connectivity index (χ0n) is 17.3. The fourth-order valence-electron chi connectivity index (χ4n) is 2.73. The normalized spacial score (nSPS) is 10.9. The molecule has 0 aliphatic rings. The number of carboxylic acid groups (broad SMARTS) is 2. The lowest BCUT2D eigenvalue weighted by Crippen LogP contribution is -2.37. The molecule has 0 radical (unpaired) electrons. The molecule has 8 nitrogen and oxygen atoms in total. The molecule has 3 N–H and O–H groups in total. The van der Waals surface area contributed by atoms with Gasteiger partial charge in [0.25, 0.3) is 0 Å². The summed E-state index contributed by atoms with van der Waals surface area (Å²) in [5.41, 5.74) is 0. The number of aliphatic carboxylic acids is 2. The second-order valence-electron chi connectivity index (χ2n) is 6.96. The molecule has 8 heteroatoms. The van der Waals surface area contributed by atoms with Crippen LogP contribution < -0.4 is 5.32 Å². The van der Waals surface area contributed by atoms with E-state index >= 15 is 0 Å². The molecule has 0 fully saturated rings. The van der Waals surface area contributed by atoms with Gasteiger partial charge in [0.05, 0.1) is 26.1 Å². The van der Waals surface area contributed by atoms with Gasteiger partial charge in [-0.15, -0.1) is 0 Å². The van der Waals surface area contributed by atoms with Crippen LogP contribution >= 0.6 is 0 Å². The SMILES string of the molecule is CCCCCCCCCC(=O)NCCN(CCOCCC(=O)O)CCC(=O)O. The topological polar surface area (TPSA) is 116 Å². The average molecular weight is 403 g/mol. The van der Waals surface area contributed by atoms with Crippen molar-refractivity contribution in [3.05, 3.63) is 0 Å². The Kier molecular flexibility index (Phi) is 17.6. The summed E-state index contributed by atoms with van der Waals surface area (Å²) in [6.07, 6.45) is 8.68. The summed E-state index contributed by atoms with van der Waals surface area (Å²) < 4.78 is 5.25. The Labute approximate surface area is 168 Å². The predicted octanol–water partition coefficient (Wildman–Crippen LogP) is 2.51. The second kappa shape index (κ2) is 18.7. The summed E-state index contributed by atoms with van der Waals surface area (Å²) in [7, 11) is 0. The molecule has 28 heavy (non-hydrogen) atoms. The number of nitrogens with zero attached hydrogens (tertiary/aromatic N) is 1. The molecule has 0 aromatic carbocycles. The number of nitrogens with one attached hydrogen (secondary N) is 1. The van der Waals surface area contributed by atoms with Gasteiger partial charge in [0.1, 0.15) is 0 Å². The molecule has 0 aliphatic heterocycles. The first-order chi connectivity index (χ1) is 13.5. The molecule has 0 saturated carbocycles. The molecule has 1 amide bonds. The highest BCUT2D eigenvalue weighted by Crippen LogP contribution is 2.08. The van der Waals surface area contributed by atoms with E-state index < -0.39 is 11.9 Å². The number of carboxylic acids is 2. The number of rotatable bonds is 20. The second-order valence-corrected chi connectivity index (χ2v) is 6.96. The predicted molar refractivity (Wildman–Crippen MR) is 107 cm³/mol. The molecule has 0 saturated heterocycles. The highest BCUT2D eigenvalue weighted by molar-refractivity contribution is 5.75. The van der Waals surface area contributed by atoms with Gasteiger partial charge in [0.15, 0.2) is 0 Å². The number of carbonyl (C=O) groups is 3. The van der Waals surface area contributed by atoms with Crippen molar-refractivity contribution in [1.82, 2.24) is 10.2 Å². The maximum absolute atomic E-state index is 11.9. The largest absolute Gasteiger partial charge is 0.481 e. The van der Waals surface area contributed by atoms with Crippen LogP contribution in [0.5, 0.6) is 0 Å². The Hall–Kier alpha value is -1.67. The van der Waals surface area contributed by atoms with Crippen molar-refractivity contribution in [2.24, 2.45) is 0 Å². The van der Waals surface area contributed by atoms with Crippen molar-refractivity contribution in [3.8, 4) is 0 Å². The lowest BCUT2D eigenvalue weighted by molar-refractivity contribution is -0.139. The van der Waals surface area contributed by atoms with Crippen LogP contribution in [0.3, 0.4) is 0 Å². The van der Waals surface area contributed by atoms with E-state index in [1.165, 1.54) is 32.1 Å². The number of hydrogen-bond donors (Lipinski definition) is 3. The Morgan fingerprint density at radius 3 is 2.07 bits per heavy atom. The van der Waals surface area contributed by atoms with Gasteiger partial charge in [-0.05, 0) is 6.42 Å². The third kappa shape index (κ3) is 19.1. The van der Waals surface area contributed by atoms with E-state index in [-0.39, 0.29) is 25.4 Å². The number of hydrogen-bond acceptors (Lipinski definition) is 5. The first kappa shape index (κ1) is 26.3. The van der Waals surface area contributed by atoms with Crippen LogP contribution in [-0.2, 0) is 19.1 Å². The number of unbranched alkanes of at least 4 members (excludes halogenated alkanes) is 6. The molecule has 0 bridgehead atoms. The molecule has 0 atom stereocenters.